The number of carbonyl (C=O) groups is 2. The van der Waals surface area contributed by atoms with Crippen LogP contribution in [0.2, 0.25) is 0 Å². The average Bonchev–Trinajstić information content (AvgIpc) is 3.09. The minimum Gasteiger partial charge on any atom is -0.388 e. The Morgan fingerprint density at radius 3 is 2.17 bits per heavy atom. The lowest BCUT2D eigenvalue weighted by Crippen LogP contribution is -2.49. The Kier molecular flexibility index (Phi) is 10.1. The van der Waals surface area contributed by atoms with Crippen molar-refractivity contribution in [3.05, 3.63) is 107 Å². The smallest absolute Gasteiger partial charge is 0.261 e. The van der Waals surface area contributed by atoms with Crippen molar-refractivity contribution in [2.24, 2.45) is 0 Å². The number of fused-ring (bicyclic) bond motifs is 1. The van der Waals surface area contributed by atoms with Crippen LogP contribution >= 0.6 is 0 Å². The van der Waals surface area contributed by atoms with Gasteiger partial charge in [0.2, 0.25) is 11.8 Å². The van der Waals surface area contributed by atoms with Gasteiger partial charge in [-0.05, 0) is 49.2 Å². The molecule has 2 aliphatic rings. The van der Waals surface area contributed by atoms with Crippen LogP contribution in [0.15, 0.2) is 90.0 Å². The Morgan fingerprint density at radius 2 is 1.53 bits per heavy atom. The average molecular weight is 637 g/mol. The molecule has 2 fully saturated rings. The van der Waals surface area contributed by atoms with Gasteiger partial charge in [-0.25, -0.2) is 4.98 Å². The molecule has 2 saturated heterocycles. The fraction of sp³-hybridized carbons (Fsp3) is 0.405. The molecule has 0 saturated carbocycles. The number of hydrogen-bond donors (Lipinski definition) is 2. The number of likely N-dealkylation sites (N-methyl/N-ethyl adjacent to an activating group) is 1. The maximum atomic E-state index is 13.5. The van der Waals surface area contributed by atoms with Crippen molar-refractivity contribution in [3.63, 3.8) is 0 Å². The van der Waals surface area contributed by atoms with Crippen LogP contribution in [-0.2, 0) is 16.1 Å². The van der Waals surface area contributed by atoms with Crippen molar-refractivity contribution in [3.8, 4) is 0 Å². The number of piperazine rings is 1. The third kappa shape index (κ3) is 8.13. The number of amides is 2. The van der Waals surface area contributed by atoms with Crippen molar-refractivity contribution in [1.82, 2.24) is 24.3 Å². The summed E-state index contributed by atoms with van der Waals surface area (Å²) in [6.45, 7) is 5.59. The van der Waals surface area contributed by atoms with E-state index in [1.165, 1.54) is 10.9 Å². The summed E-state index contributed by atoms with van der Waals surface area (Å²) >= 11 is 0. The normalized spacial score (nSPS) is 17.2. The van der Waals surface area contributed by atoms with Crippen molar-refractivity contribution in [2.75, 3.05) is 58.2 Å². The molecule has 2 aliphatic heterocycles. The van der Waals surface area contributed by atoms with Gasteiger partial charge in [-0.1, -0.05) is 60.7 Å². The second-order valence-corrected chi connectivity index (χ2v) is 13.0. The summed E-state index contributed by atoms with van der Waals surface area (Å²) in [6.07, 6.45) is 2.94. The van der Waals surface area contributed by atoms with Crippen LogP contribution in [0.25, 0.3) is 10.9 Å². The van der Waals surface area contributed by atoms with Gasteiger partial charge in [0.1, 0.15) is 0 Å². The Morgan fingerprint density at radius 1 is 0.894 bits per heavy atom. The third-order valence-electron chi connectivity index (χ3n) is 9.65. The first kappa shape index (κ1) is 32.6. The Labute approximate surface area is 275 Å². The standard InChI is InChI=1S/C37H44N6O4/c1-40-20-22-41(23-21-40)17-14-34(44)39-30-12-13-31-33(24-30)38-27-43(36(31)46)26-37(47)15-18-42(19-16-37)35(45)25-32(28-8-4-2-5-9-28)29-10-6-3-7-11-29/h2-13,24,27,32,47H,14-23,25-26H2,1H3,(H,39,44). The minimum absolute atomic E-state index is 0.0520. The molecule has 1 aromatic heterocycles. The zero-order chi connectivity index (χ0) is 32.8. The number of anilines is 1. The predicted octanol–water partition coefficient (Wildman–Crippen LogP) is 3.55. The zero-order valence-corrected chi connectivity index (χ0v) is 27.1. The summed E-state index contributed by atoms with van der Waals surface area (Å²) in [5, 5.41) is 14.8. The summed E-state index contributed by atoms with van der Waals surface area (Å²) in [5.41, 5.74) is 1.90. The van der Waals surface area contributed by atoms with Gasteiger partial charge in [0.05, 0.1) is 29.4 Å². The van der Waals surface area contributed by atoms with E-state index < -0.39 is 5.60 Å². The second-order valence-electron chi connectivity index (χ2n) is 13.0. The predicted molar refractivity (Wildman–Crippen MR) is 183 cm³/mol. The maximum Gasteiger partial charge on any atom is 0.261 e. The van der Waals surface area contributed by atoms with Crippen molar-refractivity contribution < 1.29 is 14.7 Å². The summed E-state index contributed by atoms with van der Waals surface area (Å²) in [6, 6.07) is 25.3. The number of aliphatic hydroxyl groups is 1. The lowest BCUT2D eigenvalue weighted by Gasteiger charge is -2.39. The fourth-order valence-corrected chi connectivity index (χ4v) is 6.65. The quantitative estimate of drug-likeness (QED) is 0.274. The lowest BCUT2D eigenvalue weighted by molar-refractivity contribution is -0.136. The van der Waals surface area contributed by atoms with Crippen LogP contribution in [-0.4, -0.2) is 99.6 Å². The number of piperidine rings is 1. The lowest BCUT2D eigenvalue weighted by atomic mass is 9.87. The number of likely N-dealkylation sites (tertiary alicyclic amines) is 1. The monoisotopic (exact) mass is 636 g/mol. The highest BCUT2D eigenvalue weighted by atomic mass is 16.3. The van der Waals surface area contributed by atoms with E-state index in [2.05, 4.69) is 51.4 Å². The SMILES string of the molecule is CN1CCN(CCC(=O)Nc2ccc3c(=O)n(CC4(O)CCN(C(=O)CC(c5ccccc5)c5ccccc5)CC4)cnc3c2)CC1. The molecule has 6 rings (SSSR count). The van der Waals surface area contributed by atoms with E-state index in [-0.39, 0.29) is 29.8 Å². The Bertz CT molecular complexity index is 1690. The highest BCUT2D eigenvalue weighted by molar-refractivity contribution is 5.93. The summed E-state index contributed by atoms with van der Waals surface area (Å²) in [4.78, 5) is 50.4. The number of benzene rings is 3. The number of rotatable bonds is 10. The molecule has 0 aliphatic carbocycles. The molecule has 10 heteroatoms. The summed E-state index contributed by atoms with van der Waals surface area (Å²) in [5.74, 6) is -0.0697. The van der Waals surface area contributed by atoms with Gasteiger partial charge >= 0.3 is 0 Å². The van der Waals surface area contributed by atoms with Crippen LogP contribution in [0, 0.1) is 0 Å². The van der Waals surface area contributed by atoms with E-state index in [9.17, 15) is 19.5 Å². The van der Waals surface area contributed by atoms with Crippen molar-refractivity contribution in [1.29, 1.82) is 0 Å². The molecule has 0 bridgehead atoms. The minimum atomic E-state index is -1.13. The molecule has 246 valence electrons. The summed E-state index contributed by atoms with van der Waals surface area (Å²) in [7, 11) is 2.11. The number of nitrogens with zero attached hydrogens (tertiary/aromatic N) is 5. The van der Waals surface area contributed by atoms with Gasteiger partial charge in [0.25, 0.3) is 5.56 Å². The van der Waals surface area contributed by atoms with E-state index in [1.54, 1.807) is 18.2 Å². The first-order valence-electron chi connectivity index (χ1n) is 16.6. The van der Waals surface area contributed by atoms with Gasteiger partial charge in [-0.2, -0.15) is 0 Å². The van der Waals surface area contributed by atoms with E-state index in [1.807, 2.05) is 41.3 Å². The van der Waals surface area contributed by atoms with Crippen LogP contribution in [0.1, 0.15) is 42.7 Å². The van der Waals surface area contributed by atoms with Gasteiger partial charge in [0, 0.05) is 70.3 Å². The highest BCUT2D eigenvalue weighted by Gasteiger charge is 2.35. The van der Waals surface area contributed by atoms with E-state index >= 15 is 0 Å². The van der Waals surface area contributed by atoms with E-state index in [4.69, 9.17) is 0 Å². The molecule has 0 atom stereocenters. The summed E-state index contributed by atoms with van der Waals surface area (Å²) < 4.78 is 1.45. The van der Waals surface area contributed by atoms with Crippen LogP contribution in [0.4, 0.5) is 5.69 Å². The largest absolute Gasteiger partial charge is 0.388 e. The molecule has 0 unspecified atom stereocenters. The topological polar surface area (TPSA) is 111 Å². The molecular formula is C37H44N6O4. The Balaban J connectivity index is 1.04. The first-order valence-corrected chi connectivity index (χ1v) is 16.6. The van der Waals surface area contributed by atoms with Crippen molar-refractivity contribution in [2.45, 2.75) is 43.7 Å². The second kappa shape index (κ2) is 14.6. The molecular weight excluding hydrogens is 592 g/mol. The highest BCUT2D eigenvalue weighted by Crippen LogP contribution is 2.31. The molecule has 3 heterocycles. The third-order valence-corrected chi connectivity index (χ3v) is 9.65. The molecule has 2 amide bonds. The van der Waals surface area contributed by atoms with Crippen molar-refractivity contribution >= 4 is 28.4 Å². The number of aromatic nitrogens is 2. The van der Waals surface area contributed by atoms with Crippen LogP contribution in [0.3, 0.4) is 0 Å². The van der Waals surface area contributed by atoms with Gasteiger partial charge in [-0.3, -0.25) is 19.0 Å². The molecule has 2 N–H and O–H groups in total. The van der Waals surface area contributed by atoms with E-state index in [0.29, 0.717) is 61.9 Å². The molecule has 4 aromatic rings. The zero-order valence-electron chi connectivity index (χ0n) is 27.1. The number of hydrogen-bond acceptors (Lipinski definition) is 7. The molecule has 3 aromatic carbocycles. The maximum absolute atomic E-state index is 13.5. The van der Waals surface area contributed by atoms with Crippen LogP contribution < -0.4 is 10.9 Å². The number of nitrogens with one attached hydrogen (secondary N) is 1. The molecule has 0 spiro atoms. The van der Waals surface area contributed by atoms with Gasteiger partial charge < -0.3 is 25.1 Å². The number of carbonyl (C=O) groups excluding carboxylic acids is 2. The molecule has 10 nitrogen and oxygen atoms in total. The first-order chi connectivity index (χ1) is 22.8. The Hall–Kier alpha value is -4.38. The fourth-order valence-electron chi connectivity index (χ4n) is 6.65. The van der Waals surface area contributed by atoms with Gasteiger partial charge in [-0.15, -0.1) is 0 Å². The molecule has 47 heavy (non-hydrogen) atoms. The molecule has 0 radical (unpaired) electrons. The van der Waals surface area contributed by atoms with E-state index in [0.717, 1.165) is 37.3 Å². The van der Waals surface area contributed by atoms with Crippen LogP contribution in [0.5, 0.6) is 0 Å². The van der Waals surface area contributed by atoms with Gasteiger partial charge in [0.15, 0.2) is 0 Å².